The second-order valence-corrected chi connectivity index (χ2v) is 11.7. The Bertz CT molecular complexity index is 1540. The fourth-order valence-corrected chi connectivity index (χ4v) is 6.61. The van der Waals surface area contributed by atoms with Gasteiger partial charge < -0.3 is 20.1 Å². The van der Waals surface area contributed by atoms with Gasteiger partial charge in [-0.1, -0.05) is 42.8 Å². The SMILES string of the molecule is CCCN1C(=O)[C@@H]2[C@@H](CC(COc3ccccc3)=C([C@H](O)CC/C(=C/c3ccc(O)cc3Cl)c3ccccn3)[C@@H]2CO)C1=O. The fourth-order valence-electron chi connectivity index (χ4n) is 6.38. The number of nitrogens with zero attached hydrogens (tertiary/aromatic N) is 2. The van der Waals surface area contributed by atoms with Gasteiger partial charge in [-0.15, -0.1) is 0 Å². The molecule has 4 atom stereocenters. The second kappa shape index (κ2) is 14.2. The van der Waals surface area contributed by atoms with Gasteiger partial charge in [-0.3, -0.25) is 19.5 Å². The molecule has 1 fully saturated rings. The molecular formula is C35H37ClN2O6. The van der Waals surface area contributed by atoms with Crippen LogP contribution in [-0.4, -0.2) is 62.9 Å². The molecule has 8 nitrogen and oxygen atoms in total. The first kappa shape index (κ1) is 31.4. The van der Waals surface area contributed by atoms with E-state index in [2.05, 4.69) is 4.98 Å². The molecule has 3 aromatic rings. The van der Waals surface area contributed by atoms with E-state index in [-0.39, 0.29) is 43.6 Å². The number of carbonyl (C=O) groups is 2. The zero-order valence-electron chi connectivity index (χ0n) is 24.6. The molecule has 1 aromatic heterocycles. The van der Waals surface area contributed by atoms with Crippen LogP contribution in [0.2, 0.25) is 5.02 Å². The summed E-state index contributed by atoms with van der Waals surface area (Å²) in [5, 5.41) is 32.6. The number of ether oxygens (including phenoxy) is 1. The van der Waals surface area contributed by atoms with Crippen molar-refractivity contribution in [1.29, 1.82) is 0 Å². The predicted octanol–water partition coefficient (Wildman–Crippen LogP) is 5.52. The summed E-state index contributed by atoms with van der Waals surface area (Å²) in [5.41, 5.74) is 3.50. The van der Waals surface area contributed by atoms with E-state index < -0.39 is 23.9 Å². The lowest BCUT2D eigenvalue weighted by Gasteiger charge is -2.36. The first-order valence-corrected chi connectivity index (χ1v) is 15.3. The van der Waals surface area contributed by atoms with Crippen molar-refractivity contribution in [3.05, 3.63) is 100 Å². The Morgan fingerprint density at radius 1 is 1.11 bits per heavy atom. The monoisotopic (exact) mass is 616 g/mol. The molecular weight excluding hydrogens is 580 g/mol. The Balaban J connectivity index is 1.48. The first-order valence-electron chi connectivity index (χ1n) is 15.0. The van der Waals surface area contributed by atoms with Crippen LogP contribution in [0.4, 0.5) is 0 Å². The number of fused-ring (bicyclic) bond motifs is 1. The average molecular weight is 617 g/mol. The molecule has 2 aliphatic rings. The molecule has 1 aliphatic heterocycles. The Morgan fingerprint density at radius 2 is 1.89 bits per heavy atom. The van der Waals surface area contributed by atoms with Crippen molar-refractivity contribution < 1.29 is 29.6 Å². The number of aromatic nitrogens is 1. The van der Waals surface area contributed by atoms with Gasteiger partial charge in [0.2, 0.25) is 11.8 Å². The van der Waals surface area contributed by atoms with Crippen LogP contribution in [0.3, 0.4) is 0 Å². The number of aliphatic hydroxyl groups is 2. The number of hydrogen-bond acceptors (Lipinski definition) is 7. The zero-order valence-corrected chi connectivity index (χ0v) is 25.4. The van der Waals surface area contributed by atoms with Crippen molar-refractivity contribution in [1.82, 2.24) is 9.88 Å². The van der Waals surface area contributed by atoms with Crippen molar-refractivity contribution in [2.45, 2.75) is 38.7 Å². The normalized spacial score (nSPS) is 21.0. The molecule has 0 saturated carbocycles. The lowest BCUT2D eigenvalue weighted by molar-refractivity contribution is -0.140. The predicted molar refractivity (Wildman–Crippen MR) is 169 cm³/mol. The Morgan fingerprint density at radius 3 is 2.57 bits per heavy atom. The number of rotatable bonds is 12. The van der Waals surface area contributed by atoms with Gasteiger partial charge in [0.1, 0.15) is 18.1 Å². The minimum Gasteiger partial charge on any atom is -0.508 e. The maximum Gasteiger partial charge on any atom is 0.233 e. The third kappa shape index (κ3) is 6.73. The smallest absolute Gasteiger partial charge is 0.233 e. The Labute approximate surface area is 262 Å². The van der Waals surface area contributed by atoms with Gasteiger partial charge >= 0.3 is 0 Å². The summed E-state index contributed by atoms with van der Waals surface area (Å²) in [6, 6.07) is 19.6. The zero-order chi connectivity index (χ0) is 31.2. The molecule has 0 radical (unpaired) electrons. The number of phenols is 1. The highest BCUT2D eigenvalue weighted by molar-refractivity contribution is 6.32. The summed E-state index contributed by atoms with van der Waals surface area (Å²) in [7, 11) is 0. The van der Waals surface area contributed by atoms with Crippen LogP contribution in [0.25, 0.3) is 11.6 Å². The summed E-state index contributed by atoms with van der Waals surface area (Å²) in [6.07, 6.45) is 4.12. The maximum atomic E-state index is 13.5. The molecule has 1 saturated heterocycles. The van der Waals surface area contributed by atoms with Gasteiger partial charge in [0.05, 0.1) is 35.3 Å². The third-order valence-electron chi connectivity index (χ3n) is 8.43. The van der Waals surface area contributed by atoms with Crippen molar-refractivity contribution >= 4 is 35.1 Å². The van der Waals surface area contributed by atoms with E-state index in [9.17, 15) is 24.9 Å². The molecule has 0 spiro atoms. The quantitative estimate of drug-likeness (QED) is 0.181. The van der Waals surface area contributed by atoms with Crippen LogP contribution < -0.4 is 4.74 Å². The van der Waals surface area contributed by atoms with Crippen molar-refractivity contribution in [3.8, 4) is 11.5 Å². The van der Waals surface area contributed by atoms with Gasteiger partial charge in [-0.05, 0) is 96.5 Å². The van der Waals surface area contributed by atoms with Gasteiger partial charge in [-0.25, -0.2) is 0 Å². The summed E-state index contributed by atoms with van der Waals surface area (Å²) < 4.78 is 6.08. The van der Waals surface area contributed by atoms with Crippen LogP contribution in [0.1, 0.15) is 43.9 Å². The van der Waals surface area contributed by atoms with E-state index in [1.54, 1.807) is 18.3 Å². The van der Waals surface area contributed by atoms with Crippen LogP contribution in [0.15, 0.2) is 84.1 Å². The number of aromatic hydroxyl groups is 1. The lowest BCUT2D eigenvalue weighted by atomic mass is 9.68. The van der Waals surface area contributed by atoms with E-state index in [1.807, 2.05) is 61.5 Å². The largest absolute Gasteiger partial charge is 0.508 e. The summed E-state index contributed by atoms with van der Waals surface area (Å²) in [6.45, 7) is 1.98. The summed E-state index contributed by atoms with van der Waals surface area (Å²) in [4.78, 5) is 32.7. The Kier molecular flexibility index (Phi) is 10.1. The standard InChI is InChI=1S/C35H37ClN2O6/c1-2-16-38-34(42)27-18-24(21-44-26-8-4-3-5-9-26)32(28(20-39)33(27)35(38)43)31(41)14-12-23(30-10-6-7-15-37-30)17-22-11-13-25(40)19-29(22)36/h3-11,13,15,17,19,27-28,31,33,39-41H,2,12,14,16,18,20-21H2,1H3/b23-17-/t27-,28+,31-,33-/m1/s1. The minimum atomic E-state index is -1.02. The molecule has 2 heterocycles. The van der Waals surface area contributed by atoms with Crippen molar-refractivity contribution in [2.75, 3.05) is 19.8 Å². The number of hydrogen-bond donors (Lipinski definition) is 3. The number of phenolic OH excluding ortho intramolecular Hbond substituents is 1. The van der Waals surface area contributed by atoms with E-state index in [0.717, 1.165) is 11.1 Å². The van der Waals surface area contributed by atoms with Crippen LogP contribution in [0.5, 0.6) is 11.5 Å². The highest BCUT2D eigenvalue weighted by atomic mass is 35.5. The lowest BCUT2D eigenvalue weighted by Crippen LogP contribution is -2.40. The molecule has 44 heavy (non-hydrogen) atoms. The van der Waals surface area contributed by atoms with Crippen molar-refractivity contribution in [2.24, 2.45) is 17.8 Å². The Hall–Kier alpha value is -3.98. The maximum absolute atomic E-state index is 13.5. The van der Waals surface area contributed by atoms with Gasteiger partial charge in [0, 0.05) is 18.7 Å². The molecule has 230 valence electrons. The van der Waals surface area contributed by atoms with Crippen LogP contribution >= 0.6 is 11.6 Å². The number of carbonyl (C=O) groups excluding carboxylic acids is 2. The number of allylic oxidation sites excluding steroid dienone is 1. The number of amides is 2. The van der Waals surface area contributed by atoms with E-state index in [0.29, 0.717) is 47.0 Å². The van der Waals surface area contributed by atoms with Gasteiger partial charge in [0.15, 0.2) is 0 Å². The molecule has 1 aliphatic carbocycles. The van der Waals surface area contributed by atoms with Crippen LogP contribution in [0, 0.1) is 17.8 Å². The highest BCUT2D eigenvalue weighted by Gasteiger charge is 2.54. The van der Waals surface area contributed by atoms with Crippen molar-refractivity contribution in [3.63, 3.8) is 0 Å². The molecule has 0 bridgehead atoms. The van der Waals surface area contributed by atoms with E-state index >= 15 is 0 Å². The summed E-state index contributed by atoms with van der Waals surface area (Å²) in [5.74, 6) is -1.86. The second-order valence-electron chi connectivity index (χ2n) is 11.3. The van der Waals surface area contributed by atoms with Gasteiger partial charge in [0.25, 0.3) is 0 Å². The molecule has 2 amide bonds. The number of imide groups is 1. The molecule has 5 rings (SSSR count). The third-order valence-corrected chi connectivity index (χ3v) is 8.76. The molecule has 0 unspecified atom stereocenters. The number of aliphatic hydroxyl groups excluding tert-OH is 2. The van der Waals surface area contributed by atoms with E-state index in [4.69, 9.17) is 16.3 Å². The molecule has 3 N–H and O–H groups in total. The number of halogens is 1. The summed E-state index contributed by atoms with van der Waals surface area (Å²) >= 11 is 6.41. The number of pyridine rings is 1. The number of para-hydroxylation sites is 1. The minimum absolute atomic E-state index is 0.0576. The number of likely N-dealkylation sites (tertiary alicyclic amines) is 1. The van der Waals surface area contributed by atoms with Crippen LogP contribution in [-0.2, 0) is 9.59 Å². The van der Waals surface area contributed by atoms with E-state index in [1.165, 1.54) is 11.0 Å². The number of benzene rings is 2. The molecule has 9 heteroatoms. The first-order chi connectivity index (χ1) is 21.3. The topological polar surface area (TPSA) is 120 Å². The highest BCUT2D eigenvalue weighted by Crippen LogP contribution is 2.46. The average Bonchev–Trinajstić information content (AvgIpc) is 3.27. The molecule has 2 aromatic carbocycles. The van der Waals surface area contributed by atoms with Gasteiger partial charge in [-0.2, -0.15) is 0 Å². The fraction of sp³-hybridized carbons (Fsp3) is 0.343.